The van der Waals surface area contributed by atoms with Gasteiger partial charge in [0.25, 0.3) is 0 Å². The molecule has 0 spiro atoms. The second-order valence-electron chi connectivity index (χ2n) is 6.82. The molecule has 5 nitrogen and oxygen atoms in total. The monoisotopic (exact) mass is 304 g/mol. The number of imidazole rings is 1. The van der Waals surface area contributed by atoms with E-state index in [0.717, 1.165) is 44.7 Å². The van der Waals surface area contributed by atoms with Gasteiger partial charge in [0.2, 0.25) is 5.91 Å². The van der Waals surface area contributed by atoms with Gasteiger partial charge in [0.1, 0.15) is 5.82 Å². The minimum absolute atomic E-state index is 0.290. The summed E-state index contributed by atoms with van der Waals surface area (Å²) in [5, 5.41) is 3.20. The minimum Gasteiger partial charge on any atom is -0.356 e. The van der Waals surface area contributed by atoms with E-state index in [1.54, 1.807) is 0 Å². The predicted octanol–water partition coefficient (Wildman–Crippen LogP) is 1.97. The van der Waals surface area contributed by atoms with E-state index in [2.05, 4.69) is 20.2 Å². The number of amides is 1. The Bertz CT molecular complexity index is 453. The molecule has 0 bridgehead atoms. The van der Waals surface area contributed by atoms with Crippen molar-refractivity contribution < 1.29 is 4.79 Å². The number of aromatic amines is 1. The van der Waals surface area contributed by atoms with E-state index in [-0.39, 0.29) is 0 Å². The molecule has 2 heterocycles. The summed E-state index contributed by atoms with van der Waals surface area (Å²) in [6.07, 6.45) is 11.8. The number of rotatable bonds is 6. The predicted molar refractivity (Wildman–Crippen MR) is 86.4 cm³/mol. The van der Waals surface area contributed by atoms with Crippen LogP contribution in [0.4, 0.5) is 0 Å². The molecule has 1 saturated carbocycles. The molecule has 2 fully saturated rings. The highest BCUT2D eigenvalue weighted by Gasteiger charge is 2.24. The first-order valence-corrected chi connectivity index (χ1v) is 8.79. The second kappa shape index (κ2) is 7.77. The largest absolute Gasteiger partial charge is 0.356 e. The molecule has 2 N–H and O–H groups in total. The van der Waals surface area contributed by atoms with Crippen molar-refractivity contribution in [2.24, 2.45) is 11.8 Å². The van der Waals surface area contributed by atoms with Crippen LogP contribution in [0.5, 0.6) is 0 Å². The van der Waals surface area contributed by atoms with Crippen molar-refractivity contribution in [1.82, 2.24) is 20.2 Å². The van der Waals surface area contributed by atoms with Crippen LogP contribution in [0.1, 0.15) is 44.3 Å². The summed E-state index contributed by atoms with van der Waals surface area (Å²) in [7, 11) is 0. The zero-order valence-corrected chi connectivity index (χ0v) is 13.4. The zero-order chi connectivity index (χ0) is 15.2. The van der Waals surface area contributed by atoms with Gasteiger partial charge in [0.15, 0.2) is 0 Å². The van der Waals surface area contributed by atoms with Crippen molar-refractivity contribution >= 4 is 5.91 Å². The summed E-state index contributed by atoms with van der Waals surface area (Å²) in [5.41, 5.74) is 0. The van der Waals surface area contributed by atoms with E-state index < -0.39 is 0 Å². The van der Waals surface area contributed by atoms with E-state index in [4.69, 9.17) is 0 Å². The third-order valence-electron chi connectivity index (χ3n) is 5.11. The lowest BCUT2D eigenvalue weighted by Gasteiger charge is -2.32. The fourth-order valence-corrected chi connectivity index (χ4v) is 3.80. The molecule has 122 valence electrons. The Kier molecular flexibility index (Phi) is 5.48. The zero-order valence-electron chi connectivity index (χ0n) is 13.4. The number of likely N-dealkylation sites (tertiary alicyclic amines) is 1. The van der Waals surface area contributed by atoms with Crippen LogP contribution in [0.25, 0.3) is 0 Å². The molecular formula is C17H28N4O. The number of nitrogens with one attached hydrogen (secondary N) is 2. The van der Waals surface area contributed by atoms with E-state index in [0.29, 0.717) is 17.7 Å². The molecule has 1 aromatic rings. The van der Waals surface area contributed by atoms with Crippen LogP contribution in [-0.4, -0.2) is 47.0 Å². The smallest absolute Gasteiger partial charge is 0.223 e. The van der Waals surface area contributed by atoms with Crippen LogP contribution < -0.4 is 5.32 Å². The van der Waals surface area contributed by atoms with Gasteiger partial charge in [-0.25, -0.2) is 4.98 Å². The SMILES string of the molecule is O=C(NCC1CCCN(CCc2ncc[nH]2)C1)C1CCCC1. The highest BCUT2D eigenvalue weighted by Crippen LogP contribution is 2.25. The first-order chi connectivity index (χ1) is 10.8. The first-order valence-electron chi connectivity index (χ1n) is 8.79. The number of carbonyl (C=O) groups is 1. The summed E-state index contributed by atoms with van der Waals surface area (Å²) in [4.78, 5) is 22.1. The highest BCUT2D eigenvalue weighted by molar-refractivity contribution is 5.78. The first kappa shape index (κ1) is 15.5. The Morgan fingerprint density at radius 1 is 1.32 bits per heavy atom. The molecule has 1 unspecified atom stereocenters. The molecule has 0 aromatic carbocycles. The summed E-state index contributed by atoms with van der Waals surface area (Å²) in [6, 6.07) is 0. The molecule has 5 heteroatoms. The van der Waals surface area contributed by atoms with Crippen LogP contribution in [0, 0.1) is 11.8 Å². The number of carbonyl (C=O) groups excluding carboxylic acids is 1. The van der Waals surface area contributed by atoms with Crippen LogP contribution in [-0.2, 0) is 11.2 Å². The summed E-state index contributed by atoms with van der Waals surface area (Å²) < 4.78 is 0. The Balaban J connectivity index is 1.37. The van der Waals surface area contributed by atoms with Crippen molar-refractivity contribution in [3.63, 3.8) is 0 Å². The van der Waals surface area contributed by atoms with Gasteiger partial charge in [0, 0.05) is 44.4 Å². The number of aromatic nitrogens is 2. The van der Waals surface area contributed by atoms with Gasteiger partial charge >= 0.3 is 0 Å². The third kappa shape index (κ3) is 4.32. The minimum atomic E-state index is 0.290. The van der Waals surface area contributed by atoms with Gasteiger partial charge < -0.3 is 15.2 Å². The fourth-order valence-electron chi connectivity index (χ4n) is 3.80. The lowest BCUT2D eigenvalue weighted by molar-refractivity contribution is -0.125. The molecule has 1 atom stereocenters. The lowest BCUT2D eigenvalue weighted by Crippen LogP contribution is -2.42. The maximum absolute atomic E-state index is 12.1. The van der Waals surface area contributed by atoms with Gasteiger partial charge in [-0.1, -0.05) is 12.8 Å². The number of hydrogen-bond donors (Lipinski definition) is 2. The standard InChI is InChI=1S/C17H28N4O/c22-17(15-5-1-2-6-15)20-12-14-4-3-10-21(13-14)11-7-16-18-8-9-19-16/h8-9,14-15H,1-7,10-13H2,(H,18,19)(H,20,22). The van der Waals surface area contributed by atoms with Crippen molar-refractivity contribution in [3.8, 4) is 0 Å². The Morgan fingerprint density at radius 3 is 2.95 bits per heavy atom. The molecular weight excluding hydrogens is 276 g/mol. The highest BCUT2D eigenvalue weighted by atomic mass is 16.1. The molecule has 1 amide bonds. The van der Waals surface area contributed by atoms with Crippen molar-refractivity contribution in [2.45, 2.75) is 44.9 Å². The molecule has 1 aromatic heterocycles. The van der Waals surface area contributed by atoms with Gasteiger partial charge in [-0.05, 0) is 38.1 Å². The summed E-state index contributed by atoms with van der Waals surface area (Å²) in [6.45, 7) is 4.19. The average molecular weight is 304 g/mol. The van der Waals surface area contributed by atoms with Crippen molar-refractivity contribution in [1.29, 1.82) is 0 Å². The summed E-state index contributed by atoms with van der Waals surface area (Å²) >= 11 is 0. The molecule has 1 saturated heterocycles. The topological polar surface area (TPSA) is 61.0 Å². The molecule has 0 radical (unpaired) electrons. The maximum Gasteiger partial charge on any atom is 0.223 e. The second-order valence-corrected chi connectivity index (χ2v) is 6.82. The van der Waals surface area contributed by atoms with Gasteiger partial charge in [0.05, 0.1) is 0 Å². The number of nitrogens with zero attached hydrogens (tertiary/aromatic N) is 2. The molecule has 2 aliphatic rings. The summed E-state index contributed by atoms with van der Waals surface area (Å²) in [5.74, 6) is 2.26. The molecule has 1 aliphatic heterocycles. The Morgan fingerprint density at radius 2 is 2.18 bits per heavy atom. The average Bonchev–Trinajstić information content (AvgIpc) is 3.24. The van der Waals surface area contributed by atoms with Crippen molar-refractivity contribution in [2.75, 3.05) is 26.2 Å². The Hall–Kier alpha value is -1.36. The number of H-pyrrole nitrogens is 1. The van der Waals surface area contributed by atoms with Gasteiger partial charge in [-0.2, -0.15) is 0 Å². The van der Waals surface area contributed by atoms with Crippen LogP contribution in [0.2, 0.25) is 0 Å². The van der Waals surface area contributed by atoms with E-state index >= 15 is 0 Å². The Labute approximate surface area is 132 Å². The number of piperidine rings is 1. The normalized spacial score (nSPS) is 23.7. The third-order valence-corrected chi connectivity index (χ3v) is 5.11. The van der Waals surface area contributed by atoms with E-state index in [1.165, 1.54) is 32.2 Å². The molecule has 3 rings (SSSR count). The van der Waals surface area contributed by atoms with Crippen molar-refractivity contribution in [3.05, 3.63) is 18.2 Å². The van der Waals surface area contributed by atoms with Crippen LogP contribution in [0.3, 0.4) is 0 Å². The number of hydrogen-bond acceptors (Lipinski definition) is 3. The van der Waals surface area contributed by atoms with Gasteiger partial charge in [-0.3, -0.25) is 4.79 Å². The van der Waals surface area contributed by atoms with E-state index in [9.17, 15) is 4.79 Å². The molecule has 22 heavy (non-hydrogen) atoms. The lowest BCUT2D eigenvalue weighted by atomic mass is 9.97. The fraction of sp³-hybridized carbons (Fsp3) is 0.765. The van der Waals surface area contributed by atoms with E-state index in [1.807, 2.05) is 12.4 Å². The van der Waals surface area contributed by atoms with Gasteiger partial charge in [-0.15, -0.1) is 0 Å². The molecule has 1 aliphatic carbocycles. The quantitative estimate of drug-likeness (QED) is 0.845. The van der Waals surface area contributed by atoms with Crippen LogP contribution in [0.15, 0.2) is 12.4 Å². The van der Waals surface area contributed by atoms with Crippen LogP contribution >= 0.6 is 0 Å². The maximum atomic E-state index is 12.1.